The van der Waals surface area contributed by atoms with Gasteiger partial charge < -0.3 is 4.74 Å². The molecule has 2 heteroatoms. The van der Waals surface area contributed by atoms with Gasteiger partial charge in [0.25, 0.3) is 0 Å². The molecule has 90 valence electrons. The topological polar surface area (TPSA) is 9.23 Å². The van der Waals surface area contributed by atoms with Gasteiger partial charge in [-0.3, -0.25) is 0 Å². The van der Waals surface area contributed by atoms with Crippen molar-refractivity contribution in [3.8, 4) is 0 Å². The molecule has 0 aromatic rings. The van der Waals surface area contributed by atoms with Gasteiger partial charge in [0, 0.05) is 12.0 Å². The molecule has 1 aliphatic rings. The average molecular weight is 230 g/mol. The van der Waals surface area contributed by atoms with Gasteiger partial charge in [0.2, 0.25) is 0 Å². The van der Waals surface area contributed by atoms with Crippen LogP contribution in [0.3, 0.4) is 0 Å². The average Bonchev–Trinajstić information content (AvgIpc) is 3.04. The Kier molecular flexibility index (Phi) is 6.06. The van der Waals surface area contributed by atoms with Crippen LogP contribution >= 0.6 is 12.6 Å². The van der Waals surface area contributed by atoms with Crippen LogP contribution in [-0.4, -0.2) is 19.0 Å². The van der Waals surface area contributed by atoms with E-state index >= 15 is 0 Å². The van der Waals surface area contributed by atoms with E-state index in [9.17, 15) is 0 Å². The maximum atomic E-state index is 5.85. The molecule has 0 saturated heterocycles. The lowest BCUT2D eigenvalue weighted by Crippen LogP contribution is -2.16. The molecule has 0 bridgehead atoms. The lowest BCUT2D eigenvalue weighted by molar-refractivity contribution is 0.0657. The van der Waals surface area contributed by atoms with Crippen molar-refractivity contribution in [3.63, 3.8) is 0 Å². The molecule has 0 spiro atoms. The van der Waals surface area contributed by atoms with Gasteiger partial charge in [0.15, 0.2) is 0 Å². The molecular weight excluding hydrogens is 204 g/mol. The van der Waals surface area contributed by atoms with Crippen molar-refractivity contribution in [1.82, 2.24) is 0 Å². The monoisotopic (exact) mass is 230 g/mol. The number of hydrogen-bond acceptors (Lipinski definition) is 2. The SMILES string of the molecule is CCCCC(CC)COCC1(CS)CC1. The fourth-order valence-electron chi connectivity index (χ4n) is 1.87. The number of thiol groups is 1. The van der Waals surface area contributed by atoms with Crippen LogP contribution in [-0.2, 0) is 4.74 Å². The van der Waals surface area contributed by atoms with Gasteiger partial charge in [-0.1, -0.05) is 33.1 Å². The van der Waals surface area contributed by atoms with Crippen LogP contribution in [0.5, 0.6) is 0 Å². The van der Waals surface area contributed by atoms with Gasteiger partial charge in [-0.05, 0) is 30.9 Å². The van der Waals surface area contributed by atoms with Gasteiger partial charge in [0.1, 0.15) is 0 Å². The molecule has 1 aliphatic carbocycles. The fraction of sp³-hybridized carbons (Fsp3) is 1.00. The summed E-state index contributed by atoms with van der Waals surface area (Å²) in [4.78, 5) is 0. The quantitative estimate of drug-likeness (QED) is 0.591. The Morgan fingerprint density at radius 3 is 2.53 bits per heavy atom. The summed E-state index contributed by atoms with van der Waals surface area (Å²) in [6.45, 7) is 6.44. The van der Waals surface area contributed by atoms with E-state index in [1.165, 1.54) is 38.5 Å². The van der Waals surface area contributed by atoms with E-state index in [1.54, 1.807) is 0 Å². The molecule has 1 fully saturated rings. The summed E-state index contributed by atoms with van der Waals surface area (Å²) >= 11 is 4.39. The minimum absolute atomic E-state index is 0.464. The van der Waals surface area contributed by atoms with Crippen LogP contribution in [0.25, 0.3) is 0 Å². The molecule has 0 heterocycles. The van der Waals surface area contributed by atoms with Crippen molar-refractivity contribution in [2.24, 2.45) is 11.3 Å². The summed E-state index contributed by atoms with van der Waals surface area (Å²) < 4.78 is 5.85. The number of rotatable bonds is 9. The Balaban J connectivity index is 2.06. The second-order valence-electron chi connectivity index (χ2n) is 5.09. The zero-order valence-corrected chi connectivity index (χ0v) is 11.2. The molecule has 0 amide bonds. The van der Waals surface area contributed by atoms with E-state index in [0.29, 0.717) is 5.41 Å². The molecule has 1 atom stereocenters. The van der Waals surface area contributed by atoms with Gasteiger partial charge in [-0.25, -0.2) is 0 Å². The minimum Gasteiger partial charge on any atom is -0.381 e. The first-order valence-electron chi connectivity index (χ1n) is 6.45. The smallest absolute Gasteiger partial charge is 0.0530 e. The lowest BCUT2D eigenvalue weighted by Gasteiger charge is -2.17. The van der Waals surface area contributed by atoms with Crippen molar-refractivity contribution in [3.05, 3.63) is 0 Å². The van der Waals surface area contributed by atoms with E-state index in [1.807, 2.05) is 0 Å². The molecule has 15 heavy (non-hydrogen) atoms. The van der Waals surface area contributed by atoms with Crippen molar-refractivity contribution >= 4 is 12.6 Å². The van der Waals surface area contributed by atoms with Crippen LogP contribution in [0.15, 0.2) is 0 Å². The number of hydrogen-bond donors (Lipinski definition) is 1. The standard InChI is InChI=1S/C13H26OS/c1-3-5-6-12(4-2)9-14-10-13(11-15)7-8-13/h12,15H,3-11H2,1-2H3. The van der Waals surface area contributed by atoms with Crippen molar-refractivity contribution < 1.29 is 4.74 Å². The van der Waals surface area contributed by atoms with Crippen LogP contribution in [0.1, 0.15) is 52.4 Å². The maximum absolute atomic E-state index is 5.85. The second kappa shape index (κ2) is 6.80. The molecule has 1 nitrogen and oxygen atoms in total. The third kappa shape index (κ3) is 4.78. The third-order valence-electron chi connectivity index (χ3n) is 3.60. The second-order valence-corrected chi connectivity index (χ2v) is 5.41. The van der Waals surface area contributed by atoms with Crippen LogP contribution in [0.4, 0.5) is 0 Å². The van der Waals surface area contributed by atoms with E-state index in [4.69, 9.17) is 4.74 Å². The van der Waals surface area contributed by atoms with Crippen LogP contribution < -0.4 is 0 Å². The highest BCUT2D eigenvalue weighted by Gasteiger charge is 2.41. The first-order chi connectivity index (χ1) is 7.26. The normalized spacial score (nSPS) is 20.2. The highest BCUT2D eigenvalue weighted by Crippen LogP contribution is 2.46. The zero-order valence-electron chi connectivity index (χ0n) is 10.3. The van der Waals surface area contributed by atoms with E-state index in [0.717, 1.165) is 24.9 Å². The molecule has 0 aromatic carbocycles. The maximum Gasteiger partial charge on any atom is 0.0530 e. The van der Waals surface area contributed by atoms with Gasteiger partial charge in [0.05, 0.1) is 6.61 Å². The molecule has 1 rings (SSSR count). The number of unbranched alkanes of at least 4 members (excludes halogenated alkanes) is 1. The predicted octanol–water partition coefficient (Wildman–Crippen LogP) is 3.93. The van der Waals surface area contributed by atoms with Gasteiger partial charge >= 0.3 is 0 Å². The molecule has 1 saturated carbocycles. The van der Waals surface area contributed by atoms with Crippen molar-refractivity contribution in [1.29, 1.82) is 0 Å². The van der Waals surface area contributed by atoms with E-state index < -0.39 is 0 Å². The van der Waals surface area contributed by atoms with E-state index in [2.05, 4.69) is 26.5 Å². The molecule has 1 unspecified atom stereocenters. The summed E-state index contributed by atoms with van der Waals surface area (Å²) in [6, 6.07) is 0. The summed E-state index contributed by atoms with van der Waals surface area (Å²) in [5, 5.41) is 0. The highest BCUT2D eigenvalue weighted by molar-refractivity contribution is 7.80. The molecule has 0 aliphatic heterocycles. The predicted molar refractivity (Wildman–Crippen MR) is 69.6 cm³/mol. The Bertz CT molecular complexity index is 166. The Labute approximate surface area is 100 Å². The Hall–Kier alpha value is 0.310. The Morgan fingerprint density at radius 1 is 1.33 bits per heavy atom. The van der Waals surface area contributed by atoms with Crippen LogP contribution in [0, 0.1) is 11.3 Å². The third-order valence-corrected chi connectivity index (χ3v) is 4.27. The molecular formula is C13H26OS. The summed E-state index contributed by atoms with van der Waals surface area (Å²) in [5.74, 6) is 1.78. The summed E-state index contributed by atoms with van der Waals surface area (Å²) in [6.07, 6.45) is 7.88. The minimum atomic E-state index is 0.464. The number of ether oxygens (including phenoxy) is 1. The Morgan fingerprint density at radius 2 is 2.07 bits per heavy atom. The van der Waals surface area contributed by atoms with Gasteiger partial charge in [-0.15, -0.1) is 0 Å². The van der Waals surface area contributed by atoms with Crippen molar-refractivity contribution in [2.75, 3.05) is 19.0 Å². The highest BCUT2D eigenvalue weighted by atomic mass is 32.1. The zero-order chi connectivity index (χ0) is 11.1. The van der Waals surface area contributed by atoms with E-state index in [-0.39, 0.29) is 0 Å². The lowest BCUT2D eigenvalue weighted by atomic mass is 10.0. The van der Waals surface area contributed by atoms with Crippen molar-refractivity contribution in [2.45, 2.75) is 52.4 Å². The van der Waals surface area contributed by atoms with Crippen LogP contribution in [0.2, 0.25) is 0 Å². The first kappa shape index (κ1) is 13.4. The van der Waals surface area contributed by atoms with Gasteiger partial charge in [-0.2, -0.15) is 12.6 Å². The molecule has 0 radical (unpaired) electrons. The molecule has 0 N–H and O–H groups in total. The first-order valence-corrected chi connectivity index (χ1v) is 7.08. The summed E-state index contributed by atoms with van der Waals surface area (Å²) in [5.41, 5.74) is 0.464. The molecule has 0 aromatic heterocycles. The largest absolute Gasteiger partial charge is 0.381 e. The fourth-order valence-corrected chi connectivity index (χ4v) is 2.27. The summed E-state index contributed by atoms with van der Waals surface area (Å²) in [7, 11) is 0.